The Kier molecular flexibility index (Phi) is 5.33. The number of nitrogens with one attached hydrogen (secondary N) is 1. The van der Waals surface area contributed by atoms with Crippen molar-refractivity contribution in [2.24, 2.45) is 0 Å². The monoisotopic (exact) mass is 357 g/mol. The Labute approximate surface area is 150 Å². The maximum atomic E-state index is 12.8. The third-order valence-electron chi connectivity index (χ3n) is 4.11. The van der Waals surface area contributed by atoms with Crippen molar-refractivity contribution in [3.63, 3.8) is 0 Å². The summed E-state index contributed by atoms with van der Waals surface area (Å²) in [5, 5.41) is 13.9. The molecule has 0 aromatic heterocycles. The fourth-order valence-corrected chi connectivity index (χ4v) is 2.80. The van der Waals surface area contributed by atoms with Gasteiger partial charge < -0.3 is 19.7 Å². The zero-order valence-electron chi connectivity index (χ0n) is 14.3. The Bertz CT molecular complexity index is 818. The molecule has 0 saturated carbocycles. The third kappa shape index (κ3) is 3.92. The molecule has 136 valence electrons. The van der Waals surface area contributed by atoms with Crippen molar-refractivity contribution in [2.45, 2.75) is 0 Å². The summed E-state index contributed by atoms with van der Waals surface area (Å²) >= 11 is 0. The van der Waals surface area contributed by atoms with Gasteiger partial charge in [-0.05, 0) is 18.2 Å². The lowest BCUT2D eigenvalue weighted by Crippen LogP contribution is -2.37. The van der Waals surface area contributed by atoms with Gasteiger partial charge in [0.05, 0.1) is 36.5 Å². The highest BCUT2D eigenvalue weighted by atomic mass is 16.6. The molecule has 26 heavy (non-hydrogen) atoms. The molecule has 2 aromatic carbocycles. The number of nitro benzene ring substituents is 1. The van der Waals surface area contributed by atoms with E-state index in [0.717, 1.165) is 0 Å². The van der Waals surface area contributed by atoms with Crippen molar-refractivity contribution in [3.8, 4) is 5.75 Å². The lowest BCUT2D eigenvalue weighted by molar-refractivity contribution is -0.384. The Morgan fingerprint density at radius 3 is 2.69 bits per heavy atom. The predicted octanol–water partition coefficient (Wildman–Crippen LogP) is 2.69. The fraction of sp³-hybridized carbons (Fsp3) is 0.278. The fourth-order valence-electron chi connectivity index (χ4n) is 2.80. The van der Waals surface area contributed by atoms with Crippen molar-refractivity contribution in [2.75, 3.05) is 43.6 Å². The Hall–Kier alpha value is -3.13. The summed E-state index contributed by atoms with van der Waals surface area (Å²) in [6.45, 7) is 2.34. The minimum atomic E-state index is -0.509. The number of benzene rings is 2. The molecule has 1 aliphatic heterocycles. The maximum Gasteiger partial charge on any atom is 0.270 e. The van der Waals surface area contributed by atoms with Crippen LogP contribution in [0.15, 0.2) is 42.5 Å². The molecular weight excluding hydrogens is 338 g/mol. The van der Waals surface area contributed by atoms with Crippen molar-refractivity contribution in [3.05, 3.63) is 58.1 Å². The second-order valence-corrected chi connectivity index (χ2v) is 5.74. The van der Waals surface area contributed by atoms with Gasteiger partial charge in [0.15, 0.2) is 0 Å². The maximum absolute atomic E-state index is 12.8. The second-order valence-electron chi connectivity index (χ2n) is 5.74. The normalized spacial score (nSPS) is 14.0. The number of nitrogens with zero attached hydrogens (tertiary/aromatic N) is 2. The van der Waals surface area contributed by atoms with Crippen molar-refractivity contribution < 1.29 is 19.2 Å². The van der Waals surface area contributed by atoms with E-state index in [0.29, 0.717) is 43.4 Å². The first kappa shape index (κ1) is 17.7. The molecule has 8 nitrogen and oxygen atoms in total. The van der Waals surface area contributed by atoms with Gasteiger partial charge in [-0.2, -0.15) is 0 Å². The number of ether oxygens (including phenoxy) is 2. The van der Waals surface area contributed by atoms with E-state index in [1.807, 2.05) is 4.90 Å². The van der Waals surface area contributed by atoms with Crippen LogP contribution in [0.2, 0.25) is 0 Å². The van der Waals surface area contributed by atoms with Crippen LogP contribution >= 0.6 is 0 Å². The number of rotatable bonds is 5. The number of nitro groups is 1. The molecule has 0 bridgehead atoms. The van der Waals surface area contributed by atoms with Gasteiger partial charge >= 0.3 is 0 Å². The van der Waals surface area contributed by atoms with E-state index < -0.39 is 10.8 Å². The van der Waals surface area contributed by atoms with Crippen LogP contribution in [0, 0.1) is 10.1 Å². The van der Waals surface area contributed by atoms with Crippen LogP contribution in [0.4, 0.5) is 17.1 Å². The minimum Gasteiger partial charge on any atom is -0.497 e. The molecular formula is C18H19N3O5. The number of hydrogen-bond donors (Lipinski definition) is 1. The summed E-state index contributed by atoms with van der Waals surface area (Å²) in [7, 11) is 1.54. The van der Waals surface area contributed by atoms with Gasteiger partial charge in [-0.1, -0.05) is 6.07 Å². The molecule has 1 fully saturated rings. The van der Waals surface area contributed by atoms with Crippen LogP contribution in [-0.2, 0) is 4.74 Å². The average Bonchev–Trinajstić information content (AvgIpc) is 2.68. The first-order valence-corrected chi connectivity index (χ1v) is 8.15. The molecule has 1 N–H and O–H groups in total. The molecule has 1 aliphatic rings. The number of methoxy groups -OCH3 is 1. The molecule has 1 heterocycles. The summed E-state index contributed by atoms with van der Waals surface area (Å²) in [5.74, 6) is 0.193. The first-order valence-electron chi connectivity index (χ1n) is 8.15. The quantitative estimate of drug-likeness (QED) is 0.653. The number of carbonyl (C=O) groups is 1. The molecule has 0 atom stereocenters. The number of anilines is 2. The molecule has 1 amide bonds. The van der Waals surface area contributed by atoms with Gasteiger partial charge in [0, 0.05) is 37.0 Å². The van der Waals surface area contributed by atoms with E-state index in [-0.39, 0.29) is 11.3 Å². The highest BCUT2D eigenvalue weighted by molar-refractivity contribution is 6.08. The highest BCUT2D eigenvalue weighted by Gasteiger charge is 2.22. The summed E-state index contributed by atoms with van der Waals surface area (Å²) < 4.78 is 10.5. The summed E-state index contributed by atoms with van der Waals surface area (Å²) in [6.07, 6.45) is 0. The number of carbonyl (C=O) groups excluding carboxylic acids is 1. The molecule has 1 saturated heterocycles. The second kappa shape index (κ2) is 7.83. The Morgan fingerprint density at radius 1 is 1.23 bits per heavy atom. The minimum absolute atomic E-state index is 0.127. The predicted molar refractivity (Wildman–Crippen MR) is 97.1 cm³/mol. The molecule has 2 aromatic rings. The SMILES string of the molecule is COc1cccc(NC(=O)c2cc([N+](=O)[O-])ccc2N2CCOCC2)c1. The molecule has 0 unspecified atom stereocenters. The van der Waals surface area contributed by atoms with Crippen molar-refractivity contribution in [1.82, 2.24) is 0 Å². The summed E-state index contributed by atoms with van der Waals surface area (Å²) in [5.41, 5.74) is 1.33. The number of morpholine rings is 1. The number of non-ortho nitro benzene ring substituents is 1. The van der Waals surface area contributed by atoms with E-state index >= 15 is 0 Å². The molecule has 0 aliphatic carbocycles. The molecule has 0 spiro atoms. The van der Waals surface area contributed by atoms with Crippen LogP contribution in [-0.4, -0.2) is 44.2 Å². The largest absolute Gasteiger partial charge is 0.497 e. The van der Waals surface area contributed by atoms with Crippen LogP contribution in [0.25, 0.3) is 0 Å². The van der Waals surface area contributed by atoms with E-state index in [1.165, 1.54) is 19.2 Å². The van der Waals surface area contributed by atoms with Crippen LogP contribution in [0.1, 0.15) is 10.4 Å². The van der Waals surface area contributed by atoms with E-state index in [2.05, 4.69) is 5.32 Å². The first-order chi connectivity index (χ1) is 12.6. The van der Waals surface area contributed by atoms with Crippen molar-refractivity contribution >= 4 is 23.0 Å². The summed E-state index contributed by atoms with van der Waals surface area (Å²) in [4.78, 5) is 25.4. The number of amides is 1. The van der Waals surface area contributed by atoms with Crippen molar-refractivity contribution in [1.29, 1.82) is 0 Å². The average molecular weight is 357 g/mol. The zero-order chi connectivity index (χ0) is 18.5. The van der Waals surface area contributed by atoms with Gasteiger partial charge in [-0.15, -0.1) is 0 Å². The zero-order valence-corrected chi connectivity index (χ0v) is 14.3. The summed E-state index contributed by atoms with van der Waals surface area (Å²) in [6, 6.07) is 11.3. The van der Waals surface area contributed by atoms with Crippen LogP contribution in [0.3, 0.4) is 0 Å². The standard InChI is InChI=1S/C18H19N3O5/c1-25-15-4-2-3-13(11-15)19-18(22)16-12-14(21(23)24)5-6-17(16)20-7-9-26-10-8-20/h2-6,11-12H,7-10H2,1H3,(H,19,22). The third-order valence-corrected chi connectivity index (χ3v) is 4.11. The topological polar surface area (TPSA) is 93.9 Å². The van der Waals surface area contributed by atoms with Gasteiger partial charge in [-0.3, -0.25) is 14.9 Å². The van der Waals surface area contributed by atoms with Gasteiger partial charge in [0.2, 0.25) is 0 Å². The Balaban J connectivity index is 1.92. The lowest BCUT2D eigenvalue weighted by atomic mass is 10.1. The van der Waals surface area contributed by atoms with Gasteiger partial charge in [0.25, 0.3) is 11.6 Å². The van der Waals surface area contributed by atoms with E-state index in [1.54, 1.807) is 30.3 Å². The molecule has 8 heteroatoms. The van der Waals surface area contributed by atoms with Gasteiger partial charge in [0.1, 0.15) is 5.75 Å². The van der Waals surface area contributed by atoms with E-state index in [9.17, 15) is 14.9 Å². The van der Waals surface area contributed by atoms with Crippen LogP contribution in [0.5, 0.6) is 5.75 Å². The molecule has 3 rings (SSSR count). The lowest BCUT2D eigenvalue weighted by Gasteiger charge is -2.30. The smallest absolute Gasteiger partial charge is 0.270 e. The Morgan fingerprint density at radius 2 is 2.00 bits per heavy atom. The van der Waals surface area contributed by atoms with Crippen LogP contribution < -0.4 is 15.0 Å². The number of hydrogen-bond acceptors (Lipinski definition) is 6. The van der Waals surface area contributed by atoms with Gasteiger partial charge in [-0.25, -0.2) is 0 Å². The highest BCUT2D eigenvalue weighted by Crippen LogP contribution is 2.27. The molecule has 0 radical (unpaired) electrons. The van der Waals surface area contributed by atoms with E-state index in [4.69, 9.17) is 9.47 Å².